The summed E-state index contributed by atoms with van der Waals surface area (Å²) in [6.45, 7) is 4.15. The van der Waals surface area contributed by atoms with E-state index >= 15 is 0 Å². The highest BCUT2D eigenvalue weighted by molar-refractivity contribution is 6.22. The van der Waals surface area contributed by atoms with Crippen molar-refractivity contribution in [3.05, 3.63) is 0 Å². The highest BCUT2D eigenvalue weighted by Gasteiger charge is 1.85. The summed E-state index contributed by atoms with van der Waals surface area (Å²) in [5.74, 6) is 5.65. The quantitative estimate of drug-likeness (QED) is 0.336. The van der Waals surface area contributed by atoms with Crippen LogP contribution in [0.5, 0.6) is 0 Å². The second-order valence-electron chi connectivity index (χ2n) is 1.60. The molecule has 0 aromatic carbocycles. The van der Waals surface area contributed by atoms with Gasteiger partial charge < -0.3 is 0 Å². The van der Waals surface area contributed by atoms with Crippen LogP contribution in [-0.4, -0.2) is 7.85 Å². The average molecular weight is 92.0 g/mol. The molecule has 1 atom stereocenters. The maximum atomic E-state index is 4.94. The zero-order valence-electron chi connectivity index (χ0n) is 4.86. The maximum Gasteiger partial charge on any atom is 0.187 e. The first kappa shape index (κ1) is 6.62. The smallest absolute Gasteiger partial charge is 0.172 e. The molecule has 2 radical (unpaired) electrons. The summed E-state index contributed by atoms with van der Waals surface area (Å²) < 4.78 is 0. The Balaban J connectivity index is 3.29. The number of rotatable bonds is 1. The molecule has 0 nitrogen and oxygen atoms in total. The molecule has 0 N–H and O–H groups in total. The first-order chi connectivity index (χ1) is 3.31. The largest absolute Gasteiger partial charge is 0.187 e. The summed E-state index contributed by atoms with van der Waals surface area (Å²) in [7, 11) is 4.94. The Bertz CT molecular complexity index is 86.1. The lowest BCUT2D eigenvalue weighted by atomic mass is 10.1. The van der Waals surface area contributed by atoms with Crippen LogP contribution in [0, 0.1) is 17.7 Å². The molecule has 0 aliphatic rings. The summed E-state index contributed by atoms with van der Waals surface area (Å²) in [6.07, 6.45) is 1.09. The van der Waals surface area contributed by atoms with Gasteiger partial charge in [-0.3, -0.25) is 0 Å². The van der Waals surface area contributed by atoms with Gasteiger partial charge in [-0.1, -0.05) is 13.8 Å². The van der Waals surface area contributed by atoms with Crippen molar-refractivity contribution in [2.45, 2.75) is 20.3 Å². The third-order valence-electron chi connectivity index (χ3n) is 0.942. The van der Waals surface area contributed by atoms with Crippen LogP contribution in [0.1, 0.15) is 20.3 Å². The van der Waals surface area contributed by atoms with Crippen molar-refractivity contribution >= 4 is 7.85 Å². The van der Waals surface area contributed by atoms with Gasteiger partial charge in [0.05, 0.1) is 0 Å². The van der Waals surface area contributed by atoms with Crippen molar-refractivity contribution in [3.8, 4) is 11.7 Å². The SMILES string of the molecule is [B]C#CC(C)CC. The predicted molar refractivity (Wildman–Crippen MR) is 33.0 cm³/mol. The first-order valence-corrected chi connectivity index (χ1v) is 2.52. The minimum absolute atomic E-state index is 0.463. The molecule has 0 bridgehead atoms. The summed E-state index contributed by atoms with van der Waals surface area (Å²) in [5, 5.41) is 0. The highest BCUT2D eigenvalue weighted by atomic mass is 13.9. The topological polar surface area (TPSA) is 0 Å². The molecule has 0 spiro atoms. The van der Waals surface area contributed by atoms with Gasteiger partial charge in [0.1, 0.15) is 0 Å². The molecule has 0 aliphatic heterocycles. The van der Waals surface area contributed by atoms with Crippen molar-refractivity contribution in [2.75, 3.05) is 0 Å². The molecule has 0 fully saturated rings. The minimum atomic E-state index is 0.463. The van der Waals surface area contributed by atoms with Gasteiger partial charge in [-0.25, -0.2) is 0 Å². The fraction of sp³-hybridized carbons (Fsp3) is 0.667. The van der Waals surface area contributed by atoms with E-state index in [-0.39, 0.29) is 0 Å². The summed E-state index contributed by atoms with van der Waals surface area (Å²) >= 11 is 0. The van der Waals surface area contributed by atoms with E-state index in [4.69, 9.17) is 7.85 Å². The van der Waals surface area contributed by atoms with Crippen LogP contribution in [-0.2, 0) is 0 Å². The molecular formula is C6H9B. The second kappa shape index (κ2) is 3.80. The molecule has 1 unspecified atom stereocenters. The number of hydrogen-bond acceptors (Lipinski definition) is 0. The van der Waals surface area contributed by atoms with E-state index in [9.17, 15) is 0 Å². The minimum Gasteiger partial charge on any atom is -0.172 e. The normalized spacial score (nSPS) is 11.7. The third-order valence-corrected chi connectivity index (χ3v) is 0.942. The van der Waals surface area contributed by atoms with E-state index in [2.05, 4.69) is 25.6 Å². The van der Waals surface area contributed by atoms with Crippen LogP contribution in [0.3, 0.4) is 0 Å². The lowest BCUT2D eigenvalue weighted by molar-refractivity contribution is 0.724. The molecule has 36 valence electrons. The molecule has 0 heterocycles. The van der Waals surface area contributed by atoms with Crippen molar-refractivity contribution in [1.29, 1.82) is 0 Å². The van der Waals surface area contributed by atoms with Gasteiger partial charge in [0.2, 0.25) is 0 Å². The molecule has 0 aromatic rings. The molecule has 0 aliphatic carbocycles. The standard InChI is InChI=1S/C6H9B/c1-3-6(2)4-5-7/h6H,3H2,1-2H3. The van der Waals surface area contributed by atoms with Crippen LogP contribution in [0.4, 0.5) is 0 Å². The van der Waals surface area contributed by atoms with Gasteiger partial charge in [0.25, 0.3) is 0 Å². The Morgan fingerprint density at radius 2 is 2.29 bits per heavy atom. The van der Waals surface area contributed by atoms with Crippen molar-refractivity contribution in [3.63, 3.8) is 0 Å². The van der Waals surface area contributed by atoms with Crippen LogP contribution in [0.15, 0.2) is 0 Å². The zero-order valence-corrected chi connectivity index (χ0v) is 4.86. The van der Waals surface area contributed by atoms with Crippen LogP contribution >= 0.6 is 0 Å². The van der Waals surface area contributed by atoms with Crippen LogP contribution < -0.4 is 0 Å². The van der Waals surface area contributed by atoms with Crippen molar-refractivity contribution in [2.24, 2.45) is 5.92 Å². The van der Waals surface area contributed by atoms with Gasteiger partial charge >= 0.3 is 0 Å². The lowest BCUT2D eigenvalue weighted by Gasteiger charge is -1.92. The fourth-order valence-electron chi connectivity index (χ4n) is 0.244. The summed E-state index contributed by atoms with van der Waals surface area (Å²) in [6, 6.07) is 0. The van der Waals surface area contributed by atoms with Crippen molar-refractivity contribution in [1.82, 2.24) is 0 Å². The Morgan fingerprint density at radius 3 is 2.43 bits per heavy atom. The fourth-order valence-corrected chi connectivity index (χ4v) is 0.244. The number of hydrogen-bond donors (Lipinski definition) is 0. The molecule has 7 heavy (non-hydrogen) atoms. The van der Waals surface area contributed by atoms with Gasteiger partial charge in [0.15, 0.2) is 7.85 Å². The van der Waals surface area contributed by atoms with E-state index in [1.807, 2.05) is 0 Å². The molecule has 0 rings (SSSR count). The van der Waals surface area contributed by atoms with Gasteiger partial charge in [-0.15, -0.1) is 5.92 Å². The van der Waals surface area contributed by atoms with Gasteiger partial charge in [0, 0.05) is 5.92 Å². The first-order valence-electron chi connectivity index (χ1n) is 2.52. The van der Waals surface area contributed by atoms with Crippen LogP contribution in [0.2, 0.25) is 0 Å². The van der Waals surface area contributed by atoms with E-state index < -0.39 is 0 Å². The summed E-state index contributed by atoms with van der Waals surface area (Å²) in [5.41, 5.74) is 0. The van der Waals surface area contributed by atoms with E-state index in [1.165, 1.54) is 0 Å². The monoisotopic (exact) mass is 92.1 g/mol. The third kappa shape index (κ3) is 3.46. The average Bonchev–Trinajstić information content (AvgIpc) is 1.68. The van der Waals surface area contributed by atoms with E-state index in [0.717, 1.165) is 6.42 Å². The molecule has 0 saturated carbocycles. The Labute approximate surface area is 46.7 Å². The van der Waals surface area contributed by atoms with E-state index in [1.54, 1.807) is 0 Å². The second-order valence-corrected chi connectivity index (χ2v) is 1.60. The van der Waals surface area contributed by atoms with Gasteiger partial charge in [-0.2, -0.15) is 5.82 Å². The highest BCUT2D eigenvalue weighted by Crippen LogP contribution is 1.94. The lowest BCUT2D eigenvalue weighted by Crippen LogP contribution is -1.83. The van der Waals surface area contributed by atoms with E-state index in [0.29, 0.717) is 5.92 Å². The molecule has 1 heteroatoms. The summed E-state index contributed by atoms with van der Waals surface area (Å²) in [4.78, 5) is 0. The predicted octanol–water partition coefficient (Wildman–Crippen LogP) is 1.16. The van der Waals surface area contributed by atoms with Crippen LogP contribution in [0.25, 0.3) is 0 Å². The Hall–Kier alpha value is -0.375. The zero-order chi connectivity index (χ0) is 5.70. The molecule has 0 saturated heterocycles. The molecule has 0 amide bonds. The molecule has 0 aromatic heterocycles. The van der Waals surface area contributed by atoms with Gasteiger partial charge in [-0.05, 0) is 6.42 Å². The van der Waals surface area contributed by atoms with Crippen molar-refractivity contribution < 1.29 is 0 Å². The maximum absolute atomic E-state index is 4.94. The Morgan fingerprint density at radius 1 is 1.71 bits per heavy atom. The molecular weight excluding hydrogens is 82.9 g/mol. The Kier molecular flexibility index (Phi) is 3.60.